The molecule has 0 radical (unpaired) electrons. The third-order valence-electron chi connectivity index (χ3n) is 3.22. The Morgan fingerprint density at radius 3 is 2.95 bits per heavy atom. The number of hydrogen-bond donors (Lipinski definition) is 0. The monoisotopic (exact) mass is 302 g/mol. The highest BCUT2D eigenvalue weighted by molar-refractivity contribution is 5.69. The van der Waals surface area contributed by atoms with E-state index in [0.29, 0.717) is 26.1 Å². The first-order valence-electron chi connectivity index (χ1n) is 7.52. The van der Waals surface area contributed by atoms with Gasteiger partial charge in [-0.25, -0.2) is 4.98 Å². The summed E-state index contributed by atoms with van der Waals surface area (Å²) in [4.78, 5) is 15.3. The fraction of sp³-hybridized carbons (Fsp3) is 0.412. The number of imidazole rings is 1. The zero-order valence-corrected chi connectivity index (χ0v) is 13.1. The number of hydrogen-bond acceptors (Lipinski definition) is 4. The van der Waals surface area contributed by atoms with Gasteiger partial charge < -0.3 is 14.0 Å². The summed E-state index contributed by atoms with van der Waals surface area (Å²) in [7, 11) is 0. The van der Waals surface area contributed by atoms with Crippen LogP contribution in [0.4, 0.5) is 0 Å². The van der Waals surface area contributed by atoms with Crippen molar-refractivity contribution >= 4 is 5.97 Å². The quantitative estimate of drug-likeness (QED) is 0.556. The van der Waals surface area contributed by atoms with E-state index in [2.05, 4.69) is 18.0 Å². The van der Waals surface area contributed by atoms with Gasteiger partial charge in [0.05, 0.1) is 26.1 Å². The van der Waals surface area contributed by atoms with E-state index in [9.17, 15) is 4.79 Å². The molecule has 0 aliphatic rings. The first kappa shape index (κ1) is 16.1. The van der Waals surface area contributed by atoms with Crippen molar-refractivity contribution in [2.75, 3.05) is 13.2 Å². The molecule has 118 valence electrons. The maximum Gasteiger partial charge on any atom is 0.305 e. The molecular weight excluding hydrogens is 280 g/mol. The predicted molar refractivity (Wildman–Crippen MR) is 83.9 cm³/mol. The first-order chi connectivity index (χ1) is 10.7. The second-order valence-corrected chi connectivity index (χ2v) is 5.10. The largest absolute Gasteiger partial charge is 0.493 e. The van der Waals surface area contributed by atoms with Gasteiger partial charge in [-0.15, -0.1) is 0 Å². The van der Waals surface area contributed by atoms with Gasteiger partial charge in [0.1, 0.15) is 5.75 Å². The Morgan fingerprint density at radius 1 is 1.36 bits per heavy atom. The molecule has 1 aromatic heterocycles. The number of nitrogens with zero attached hydrogens (tertiary/aromatic N) is 2. The highest BCUT2D eigenvalue weighted by atomic mass is 16.5. The maximum absolute atomic E-state index is 11.3. The molecule has 0 spiro atoms. The molecule has 2 rings (SSSR count). The number of aryl methyl sites for hydroxylation is 1. The Kier molecular flexibility index (Phi) is 6.01. The minimum Gasteiger partial charge on any atom is -0.493 e. The van der Waals surface area contributed by atoms with E-state index in [1.54, 1.807) is 12.5 Å². The van der Waals surface area contributed by atoms with Gasteiger partial charge >= 0.3 is 5.97 Å². The van der Waals surface area contributed by atoms with Crippen molar-refractivity contribution in [3.63, 3.8) is 0 Å². The first-order valence-corrected chi connectivity index (χ1v) is 7.52. The predicted octanol–water partition coefficient (Wildman–Crippen LogP) is 2.96. The minimum atomic E-state index is -0.173. The molecule has 0 atom stereocenters. The topological polar surface area (TPSA) is 53.4 Å². The molecule has 0 aliphatic heterocycles. The highest BCUT2D eigenvalue weighted by Gasteiger charge is 2.06. The zero-order valence-electron chi connectivity index (χ0n) is 13.1. The van der Waals surface area contributed by atoms with E-state index in [-0.39, 0.29) is 5.97 Å². The van der Waals surface area contributed by atoms with Crippen molar-refractivity contribution < 1.29 is 14.3 Å². The zero-order chi connectivity index (χ0) is 15.8. The molecule has 0 bridgehead atoms. The summed E-state index contributed by atoms with van der Waals surface area (Å²) in [6, 6.07) is 6.12. The van der Waals surface area contributed by atoms with E-state index in [4.69, 9.17) is 9.47 Å². The Bertz CT molecular complexity index is 594. The third kappa shape index (κ3) is 4.91. The van der Waals surface area contributed by atoms with E-state index in [0.717, 1.165) is 17.9 Å². The molecule has 2 aromatic rings. The van der Waals surface area contributed by atoms with Crippen LogP contribution in [-0.2, 0) is 16.1 Å². The number of carbonyl (C=O) groups excluding carboxylic acids is 1. The van der Waals surface area contributed by atoms with Crippen molar-refractivity contribution in [2.24, 2.45) is 0 Å². The minimum absolute atomic E-state index is 0.173. The van der Waals surface area contributed by atoms with Crippen molar-refractivity contribution in [3.05, 3.63) is 48.0 Å². The van der Waals surface area contributed by atoms with Crippen molar-refractivity contribution in [3.8, 4) is 5.75 Å². The van der Waals surface area contributed by atoms with Crippen LogP contribution in [0.3, 0.4) is 0 Å². The summed E-state index contributed by atoms with van der Waals surface area (Å²) in [5.74, 6) is 0.678. The SMILES string of the molecule is CCOC(=O)CCCOc1ccc(C)cc1Cn1ccnc1. The molecule has 22 heavy (non-hydrogen) atoms. The summed E-state index contributed by atoms with van der Waals surface area (Å²) in [6.45, 7) is 5.51. The van der Waals surface area contributed by atoms with E-state index >= 15 is 0 Å². The fourth-order valence-electron chi connectivity index (χ4n) is 2.18. The number of carbonyl (C=O) groups is 1. The third-order valence-corrected chi connectivity index (χ3v) is 3.22. The van der Waals surface area contributed by atoms with Gasteiger partial charge in [0.25, 0.3) is 0 Å². The molecule has 1 heterocycles. The average molecular weight is 302 g/mol. The molecular formula is C17H22N2O3. The second kappa shape index (κ2) is 8.22. The van der Waals surface area contributed by atoms with Crippen molar-refractivity contribution in [2.45, 2.75) is 33.2 Å². The summed E-state index contributed by atoms with van der Waals surface area (Å²) in [6.07, 6.45) is 6.50. The number of esters is 1. The molecule has 0 unspecified atom stereocenters. The molecule has 5 nitrogen and oxygen atoms in total. The van der Waals surface area contributed by atoms with Gasteiger partial charge in [0.2, 0.25) is 0 Å². The molecule has 0 aliphatic carbocycles. The molecule has 0 fully saturated rings. The van der Waals surface area contributed by atoms with Crippen LogP contribution in [0, 0.1) is 6.92 Å². The fourth-order valence-corrected chi connectivity index (χ4v) is 2.18. The lowest BCUT2D eigenvalue weighted by Crippen LogP contribution is -2.08. The summed E-state index contributed by atoms with van der Waals surface area (Å²) in [5.41, 5.74) is 2.29. The van der Waals surface area contributed by atoms with Gasteiger partial charge in [0.15, 0.2) is 0 Å². The van der Waals surface area contributed by atoms with Gasteiger partial charge in [-0.3, -0.25) is 4.79 Å². The molecule has 5 heteroatoms. The Morgan fingerprint density at radius 2 is 2.23 bits per heavy atom. The van der Waals surface area contributed by atoms with E-state index < -0.39 is 0 Å². The number of rotatable bonds is 8. The Balaban J connectivity index is 1.91. The van der Waals surface area contributed by atoms with E-state index in [1.165, 1.54) is 5.56 Å². The standard InChI is InChI=1S/C17H22N2O3/c1-3-21-17(20)5-4-10-22-16-7-6-14(2)11-15(16)12-19-9-8-18-13-19/h6-9,11,13H,3-5,10,12H2,1-2H3. The molecule has 0 saturated heterocycles. The number of aromatic nitrogens is 2. The molecule has 1 aromatic carbocycles. The molecule has 0 saturated carbocycles. The lowest BCUT2D eigenvalue weighted by molar-refractivity contribution is -0.143. The lowest BCUT2D eigenvalue weighted by Gasteiger charge is -2.13. The average Bonchev–Trinajstić information content (AvgIpc) is 2.99. The van der Waals surface area contributed by atoms with Crippen LogP contribution in [0.1, 0.15) is 30.9 Å². The Labute approximate surface area is 130 Å². The summed E-state index contributed by atoms with van der Waals surface area (Å²) < 4.78 is 12.7. The van der Waals surface area contributed by atoms with Crippen LogP contribution in [0.15, 0.2) is 36.9 Å². The van der Waals surface area contributed by atoms with Gasteiger partial charge in [0, 0.05) is 24.4 Å². The maximum atomic E-state index is 11.3. The normalized spacial score (nSPS) is 10.5. The lowest BCUT2D eigenvalue weighted by atomic mass is 10.1. The van der Waals surface area contributed by atoms with E-state index in [1.807, 2.05) is 29.8 Å². The number of benzene rings is 1. The van der Waals surface area contributed by atoms with Crippen molar-refractivity contribution in [1.82, 2.24) is 9.55 Å². The molecule has 0 amide bonds. The van der Waals surface area contributed by atoms with Crippen LogP contribution in [0.5, 0.6) is 5.75 Å². The van der Waals surface area contributed by atoms with Gasteiger partial charge in [-0.1, -0.05) is 17.7 Å². The van der Waals surface area contributed by atoms with Crippen LogP contribution in [0.25, 0.3) is 0 Å². The van der Waals surface area contributed by atoms with Crippen LogP contribution < -0.4 is 4.74 Å². The highest BCUT2D eigenvalue weighted by Crippen LogP contribution is 2.21. The van der Waals surface area contributed by atoms with Gasteiger partial charge in [-0.2, -0.15) is 0 Å². The van der Waals surface area contributed by atoms with Crippen LogP contribution in [-0.4, -0.2) is 28.7 Å². The van der Waals surface area contributed by atoms with Gasteiger partial charge in [-0.05, 0) is 26.3 Å². The van der Waals surface area contributed by atoms with Crippen LogP contribution in [0.2, 0.25) is 0 Å². The summed E-state index contributed by atoms with van der Waals surface area (Å²) >= 11 is 0. The smallest absolute Gasteiger partial charge is 0.305 e. The molecule has 0 N–H and O–H groups in total. The Hall–Kier alpha value is -2.30. The second-order valence-electron chi connectivity index (χ2n) is 5.10. The summed E-state index contributed by atoms with van der Waals surface area (Å²) in [5, 5.41) is 0. The van der Waals surface area contributed by atoms with Crippen molar-refractivity contribution in [1.29, 1.82) is 0 Å². The van der Waals surface area contributed by atoms with Crippen LogP contribution >= 0.6 is 0 Å². The number of ether oxygens (including phenoxy) is 2.